The Kier molecular flexibility index (Phi) is 6.81. The normalized spacial score (nSPS) is 11.6. The van der Waals surface area contributed by atoms with Gasteiger partial charge >= 0.3 is 6.03 Å². The Morgan fingerprint density at radius 1 is 1.03 bits per heavy atom. The molecule has 0 spiro atoms. The average molecular weight is 492 g/mol. The summed E-state index contributed by atoms with van der Waals surface area (Å²) in [5.41, 5.74) is 3.33. The van der Waals surface area contributed by atoms with Crippen molar-refractivity contribution in [2.45, 2.75) is 13.0 Å². The highest BCUT2D eigenvalue weighted by Crippen LogP contribution is 2.30. The summed E-state index contributed by atoms with van der Waals surface area (Å²) < 4.78 is 8.47. The summed E-state index contributed by atoms with van der Waals surface area (Å²) in [4.78, 5) is 21.0. The van der Waals surface area contributed by atoms with E-state index < -0.39 is 0 Å². The van der Waals surface area contributed by atoms with Crippen molar-refractivity contribution in [1.29, 1.82) is 0 Å². The van der Waals surface area contributed by atoms with Gasteiger partial charge in [-0.1, -0.05) is 28.1 Å². The fraction of sp³-hybridized carbons (Fsp3) is 0.125. The van der Waals surface area contributed by atoms with Crippen LogP contribution in [-0.2, 0) is 0 Å². The number of imidazole rings is 1. The monoisotopic (exact) mass is 491 g/mol. The fourth-order valence-electron chi connectivity index (χ4n) is 3.46. The molecular weight excluding hydrogens is 470 g/mol. The molecule has 0 bridgehead atoms. The number of amides is 2. The Hall–Kier alpha value is -3.65. The molecule has 2 aromatic carbocycles. The van der Waals surface area contributed by atoms with Crippen molar-refractivity contribution in [2.24, 2.45) is 0 Å². The molecule has 1 unspecified atom stereocenters. The van der Waals surface area contributed by atoms with E-state index in [0.717, 1.165) is 15.6 Å². The number of urea groups is 1. The first-order chi connectivity index (χ1) is 15.6. The predicted octanol–water partition coefficient (Wildman–Crippen LogP) is 5.72. The number of nitrogens with one attached hydrogen (secondary N) is 2. The van der Waals surface area contributed by atoms with Crippen molar-refractivity contribution < 1.29 is 9.53 Å². The Balaban J connectivity index is 1.57. The SMILES string of the molecule is CCOc1ccc(Br)cc1NC(=O)Nc1cccc(C(c2ccncc2)n2ccnc2)c1. The summed E-state index contributed by atoms with van der Waals surface area (Å²) in [5, 5.41) is 5.78. The van der Waals surface area contributed by atoms with Gasteiger partial charge in [-0.2, -0.15) is 0 Å². The van der Waals surface area contributed by atoms with Crippen LogP contribution < -0.4 is 15.4 Å². The third-order valence-electron chi connectivity index (χ3n) is 4.79. The van der Waals surface area contributed by atoms with Crippen LogP contribution in [0.2, 0.25) is 0 Å². The molecule has 7 nitrogen and oxygen atoms in total. The van der Waals surface area contributed by atoms with E-state index in [1.165, 1.54) is 0 Å². The van der Waals surface area contributed by atoms with E-state index in [9.17, 15) is 4.79 Å². The van der Waals surface area contributed by atoms with Crippen molar-refractivity contribution in [2.75, 3.05) is 17.2 Å². The van der Waals surface area contributed by atoms with E-state index in [2.05, 4.69) is 36.5 Å². The summed E-state index contributed by atoms with van der Waals surface area (Å²) in [6.07, 6.45) is 8.98. The van der Waals surface area contributed by atoms with Crippen LogP contribution >= 0.6 is 15.9 Å². The summed E-state index contributed by atoms with van der Waals surface area (Å²) in [6, 6.07) is 16.7. The van der Waals surface area contributed by atoms with Crippen LogP contribution in [0.4, 0.5) is 16.2 Å². The van der Waals surface area contributed by atoms with E-state index in [4.69, 9.17) is 4.74 Å². The molecule has 4 aromatic rings. The number of ether oxygens (including phenoxy) is 1. The minimum atomic E-state index is -0.357. The lowest BCUT2D eigenvalue weighted by atomic mass is 9.99. The maximum Gasteiger partial charge on any atom is 0.323 e. The maximum absolute atomic E-state index is 12.7. The fourth-order valence-corrected chi connectivity index (χ4v) is 3.82. The number of nitrogens with zero attached hydrogens (tertiary/aromatic N) is 3. The number of benzene rings is 2. The number of anilines is 2. The lowest BCUT2D eigenvalue weighted by molar-refractivity contribution is 0.262. The van der Waals surface area contributed by atoms with Crippen molar-refractivity contribution in [3.05, 3.63) is 101 Å². The molecule has 4 rings (SSSR count). The first-order valence-corrected chi connectivity index (χ1v) is 10.9. The number of carbonyl (C=O) groups excluding carboxylic acids is 1. The van der Waals surface area contributed by atoms with Crippen molar-refractivity contribution >= 4 is 33.3 Å². The Bertz CT molecular complexity index is 1180. The molecule has 1 atom stereocenters. The molecule has 0 saturated heterocycles. The molecule has 0 saturated carbocycles. The van der Waals surface area contributed by atoms with Gasteiger partial charge in [-0.25, -0.2) is 9.78 Å². The molecule has 0 aliphatic rings. The first-order valence-electron chi connectivity index (χ1n) is 10.1. The predicted molar refractivity (Wildman–Crippen MR) is 128 cm³/mol. The number of hydrogen-bond acceptors (Lipinski definition) is 4. The van der Waals surface area contributed by atoms with Gasteiger partial charge in [-0.05, 0) is 60.5 Å². The molecule has 32 heavy (non-hydrogen) atoms. The third-order valence-corrected chi connectivity index (χ3v) is 5.29. The van der Waals surface area contributed by atoms with Crippen LogP contribution in [0.15, 0.2) is 90.2 Å². The Morgan fingerprint density at radius 2 is 1.88 bits per heavy atom. The Morgan fingerprint density at radius 3 is 2.62 bits per heavy atom. The second-order valence-corrected chi connectivity index (χ2v) is 7.89. The summed E-state index contributed by atoms with van der Waals surface area (Å²) in [5.74, 6) is 0.609. The van der Waals surface area contributed by atoms with Gasteiger partial charge in [-0.15, -0.1) is 0 Å². The number of carbonyl (C=O) groups is 1. The smallest absolute Gasteiger partial charge is 0.323 e. The second-order valence-electron chi connectivity index (χ2n) is 6.97. The standard InChI is InChI=1S/C24H22BrN5O2/c1-2-32-22-7-6-19(25)15-21(22)29-24(31)28-20-5-3-4-18(14-20)23(30-13-12-27-16-30)17-8-10-26-11-9-17/h3-16,23H,2H2,1H3,(H2,28,29,31). The van der Waals surface area contributed by atoms with Gasteiger partial charge in [0.2, 0.25) is 0 Å². The van der Waals surface area contributed by atoms with Crippen LogP contribution in [0.3, 0.4) is 0 Å². The van der Waals surface area contributed by atoms with Crippen molar-refractivity contribution in [3.63, 3.8) is 0 Å². The number of aromatic nitrogens is 3. The molecule has 2 N–H and O–H groups in total. The van der Waals surface area contributed by atoms with E-state index >= 15 is 0 Å². The van der Waals surface area contributed by atoms with E-state index in [1.54, 1.807) is 31.0 Å². The molecule has 2 aromatic heterocycles. The lowest BCUT2D eigenvalue weighted by Gasteiger charge is -2.20. The summed E-state index contributed by atoms with van der Waals surface area (Å²) >= 11 is 3.43. The highest BCUT2D eigenvalue weighted by atomic mass is 79.9. The van der Waals surface area contributed by atoms with Crippen LogP contribution in [-0.4, -0.2) is 27.2 Å². The summed E-state index contributed by atoms with van der Waals surface area (Å²) in [6.45, 7) is 2.40. The second kappa shape index (κ2) is 10.1. The molecule has 0 aliphatic carbocycles. The van der Waals surface area contributed by atoms with Crippen molar-refractivity contribution in [1.82, 2.24) is 14.5 Å². The minimum absolute atomic E-state index is 0.0973. The van der Waals surface area contributed by atoms with Crippen LogP contribution in [0.25, 0.3) is 0 Å². The zero-order chi connectivity index (χ0) is 22.3. The van der Waals surface area contributed by atoms with Crippen LogP contribution in [0.5, 0.6) is 5.75 Å². The van der Waals surface area contributed by atoms with E-state index in [0.29, 0.717) is 23.7 Å². The van der Waals surface area contributed by atoms with Gasteiger partial charge in [0.05, 0.1) is 24.7 Å². The number of hydrogen-bond donors (Lipinski definition) is 2. The number of rotatable bonds is 7. The van der Waals surface area contributed by atoms with Gasteiger partial charge in [0.25, 0.3) is 0 Å². The number of pyridine rings is 1. The van der Waals surface area contributed by atoms with E-state index in [1.807, 2.05) is 66.2 Å². The van der Waals surface area contributed by atoms with Gasteiger partial charge in [0.1, 0.15) is 5.75 Å². The highest BCUT2D eigenvalue weighted by Gasteiger charge is 2.17. The van der Waals surface area contributed by atoms with Gasteiger partial charge in [0, 0.05) is 34.9 Å². The first kappa shape index (κ1) is 21.6. The number of halogens is 1. The van der Waals surface area contributed by atoms with Gasteiger partial charge < -0.3 is 19.9 Å². The molecule has 2 amide bonds. The molecule has 2 heterocycles. The zero-order valence-electron chi connectivity index (χ0n) is 17.4. The quantitative estimate of drug-likeness (QED) is 0.346. The topological polar surface area (TPSA) is 81.1 Å². The summed E-state index contributed by atoms with van der Waals surface area (Å²) in [7, 11) is 0. The largest absolute Gasteiger partial charge is 0.492 e. The van der Waals surface area contributed by atoms with Crippen molar-refractivity contribution in [3.8, 4) is 5.75 Å². The molecule has 0 aliphatic heterocycles. The zero-order valence-corrected chi connectivity index (χ0v) is 19.0. The molecule has 162 valence electrons. The molecular formula is C24H22BrN5O2. The Labute approximate surface area is 194 Å². The average Bonchev–Trinajstić information content (AvgIpc) is 3.31. The minimum Gasteiger partial charge on any atom is -0.492 e. The lowest BCUT2D eigenvalue weighted by Crippen LogP contribution is -2.20. The molecule has 0 radical (unpaired) electrons. The van der Waals surface area contributed by atoms with Crippen LogP contribution in [0.1, 0.15) is 24.1 Å². The maximum atomic E-state index is 12.7. The van der Waals surface area contributed by atoms with Gasteiger partial charge in [-0.3, -0.25) is 4.98 Å². The molecule has 8 heteroatoms. The highest BCUT2D eigenvalue weighted by molar-refractivity contribution is 9.10. The van der Waals surface area contributed by atoms with Gasteiger partial charge in [0.15, 0.2) is 0 Å². The van der Waals surface area contributed by atoms with E-state index in [-0.39, 0.29) is 12.1 Å². The third kappa shape index (κ3) is 5.15. The van der Waals surface area contributed by atoms with Crippen LogP contribution in [0, 0.1) is 0 Å². The molecule has 0 fully saturated rings.